The maximum Gasteiger partial charge on any atom is 0.410 e. The van der Waals surface area contributed by atoms with Gasteiger partial charge in [-0.2, -0.15) is 0 Å². The first-order valence-corrected chi connectivity index (χ1v) is 7.08. The highest BCUT2D eigenvalue weighted by atomic mass is 32.1. The minimum atomic E-state index is -0.501. The molecule has 1 amide bonds. The Balaban J connectivity index is 2.18. The summed E-state index contributed by atoms with van der Waals surface area (Å²) in [7, 11) is 0. The molecular formula is C13H18N2O3S. The van der Waals surface area contributed by atoms with Gasteiger partial charge in [-0.3, -0.25) is 4.79 Å². The minimum absolute atomic E-state index is 0.0928. The van der Waals surface area contributed by atoms with Crippen molar-refractivity contribution in [3.8, 4) is 0 Å². The summed E-state index contributed by atoms with van der Waals surface area (Å²) < 4.78 is 5.40. The summed E-state index contributed by atoms with van der Waals surface area (Å²) in [6.45, 7) is 8.06. The molecule has 5 nitrogen and oxygen atoms in total. The van der Waals surface area contributed by atoms with Crippen LogP contribution in [0.3, 0.4) is 0 Å². The SMILES string of the molecule is C[C@@H]1c2sc(C=O)nc2CCN1C(=O)OC(C)(C)C. The first-order chi connectivity index (χ1) is 8.81. The van der Waals surface area contributed by atoms with E-state index in [-0.39, 0.29) is 12.1 Å². The van der Waals surface area contributed by atoms with Gasteiger partial charge in [0, 0.05) is 13.0 Å². The zero-order valence-corrected chi connectivity index (χ0v) is 12.4. The number of fused-ring (bicyclic) bond motifs is 1. The number of rotatable bonds is 1. The van der Waals surface area contributed by atoms with Crippen LogP contribution in [0.15, 0.2) is 0 Å². The topological polar surface area (TPSA) is 59.5 Å². The molecule has 0 N–H and O–H groups in total. The molecule has 1 aromatic rings. The molecular weight excluding hydrogens is 264 g/mol. The fourth-order valence-electron chi connectivity index (χ4n) is 2.07. The molecule has 1 aliphatic rings. The summed E-state index contributed by atoms with van der Waals surface area (Å²) in [6, 6.07) is -0.0928. The summed E-state index contributed by atoms with van der Waals surface area (Å²) in [4.78, 5) is 29.8. The third-order valence-electron chi connectivity index (χ3n) is 2.91. The van der Waals surface area contributed by atoms with Crippen LogP contribution in [0.1, 0.15) is 54.1 Å². The maximum atomic E-state index is 12.1. The van der Waals surface area contributed by atoms with Gasteiger partial charge in [-0.25, -0.2) is 9.78 Å². The van der Waals surface area contributed by atoms with Crippen molar-refractivity contribution in [1.82, 2.24) is 9.88 Å². The average molecular weight is 282 g/mol. The van der Waals surface area contributed by atoms with E-state index in [4.69, 9.17) is 4.74 Å². The number of nitrogens with zero attached hydrogens (tertiary/aromatic N) is 2. The van der Waals surface area contributed by atoms with Crippen LogP contribution in [0, 0.1) is 0 Å². The summed E-state index contributed by atoms with van der Waals surface area (Å²) in [5.74, 6) is 0. The van der Waals surface area contributed by atoms with Crippen LogP contribution in [0.2, 0.25) is 0 Å². The maximum absolute atomic E-state index is 12.1. The van der Waals surface area contributed by atoms with Gasteiger partial charge in [0.15, 0.2) is 11.3 Å². The summed E-state index contributed by atoms with van der Waals surface area (Å²) in [5, 5.41) is 0.475. The Morgan fingerprint density at radius 3 is 2.79 bits per heavy atom. The Labute approximate surface area is 116 Å². The number of carbonyl (C=O) groups is 2. The predicted octanol–water partition coefficient (Wildman–Crippen LogP) is 2.81. The Morgan fingerprint density at radius 1 is 1.53 bits per heavy atom. The van der Waals surface area contributed by atoms with E-state index in [0.717, 1.165) is 16.9 Å². The van der Waals surface area contributed by atoms with E-state index in [1.54, 1.807) is 4.90 Å². The first-order valence-electron chi connectivity index (χ1n) is 6.26. The Morgan fingerprint density at radius 2 is 2.21 bits per heavy atom. The number of aldehydes is 1. The van der Waals surface area contributed by atoms with Crippen LogP contribution in [-0.2, 0) is 11.2 Å². The highest BCUT2D eigenvalue weighted by Gasteiger charge is 2.33. The van der Waals surface area contributed by atoms with Gasteiger partial charge in [0.1, 0.15) is 5.60 Å². The highest BCUT2D eigenvalue weighted by Crippen LogP contribution is 2.34. The molecule has 2 heterocycles. The highest BCUT2D eigenvalue weighted by molar-refractivity contribution is 7.13. The van der Waals surface area contributed by atoms with Gasteiger partial charge >= 0.3 is 6.09 Å². The summed E-state index contributed by atoms with van der Waals surface area (Å²) in [6.07, 6.45) is 1.11. The van der Waals surface area contributed by atoms with Gasteiger partial charge in [0.2, 0.25) is 0 Å². The lowest BCUT2D eigenvalue weighted by Gasteiger charge is -2.34. The standard InChI is InChI=1S/C13H18N2O3S/c1-8-11-9(14-10(7-16)19-11)5-6-15(8)12(17)18-13(2,3)4/h7-8H,5-6H2,1-4H3/t8-/m1/s1. The van der Waals surface area contributed by atoms with Crippen molar-refractivity contribution in [2.45, 2.75) is 45.8 Å². The number of hydrogen-bond donors (Lipinski definition) is 0. The molecule has 0 spiro atoms. The number of ether oxygens (including phenoxy) is 1. The van der Waals surface area contributed by atoms with E-state index in [0.29, 0.717) is 18.0 Å². The Bertz CT molecular complexity index is 504. The summed E-state index contributed by atoms with van der Waals surface area (Å²) in [5.41, 5.74) is 0.429. The molecule has 0 aliphatic carbocycles. The zero-order chi connectivity index (χ0) is 14.2. The van der Waals surface area contributed by atoms with Crippen LogP contribution in [-0.4, -0.2) is 34.4 Å². The third-order valence-corrected chi connectivity index (χ3v) is 4.10. The van der Waals surface area contributed by atoms with E-state index in [1.807, 2.05) is 27.7 Å². The average Bonchev–Trinajstić information content (AvgIpc) is 2.71. The smallest absolute Gasteiger partial charge is 0.410 e. The number of amides is 1. The Hall–Kier alpha value is -1.43. The fourth-order valence-corrected chi connectivity index (χ4v) is 3.06. The van der Waals surface area contributed by atoms with Gasteiger partial charge in [-0.05, 0) is 27.7 Å². The summed E-state index contributed by atoms with van der Waals surface area (Å²) >= 11 is 1.35. The lowest BCUT2D eigenvalue weighted by molar-refractivity contribution is 0.0162. The molecule has 0 bridgehead atoms. The first kappa shape index (κ1) is 14.0. The van der Waals surface area contributed by atoms with Gasteiger partial charge in [-0.15, -0.1) is 11.3 Å². The largest absolute Gasteiger partial charge is 0.444 e. The van der Waals surface area contributed by atoms with E-state index in [2.05, 4.69) is 4.98 Å². The number of hydrogen-bond acceptors (Lipinski definition) is 5. The van der Waals surface area contributed by atoms with Gasteiger partial charge in [0.25, 0.3) is 0 Å². The third kappa shape index (κ3) is 2.94. The quantitative estimate of drug-likeness (QED) is 0.743. The number of aromatic nitrogens is 1. The monoisotopic (exact) mass is 282 g/mol. The molecule has 0 radical (unpaired) electrons. The normalized spacial score (nSPS) is 18.9. The van der Waals surface area contributed by atoms with Crippen LogP contribution < -0.4 is 0 Å². The molecule has 104 valence electrons. The van der Waals surface area contributed by atoms with Crippen molar-refractivity contribution in [3.63, 3.8) is 0 Å². The number of thiazole rings is 1. The zero-order valence-electron chi connectivity index (χ0n) is 11.6. The van der Waals surface area contributed by atoms with Crippen molar-refractivity contribution < 1.29 is 14.3 Å². The Kier molecular flexibility index (Phi) is 3.62. The van der Waals surface area contributed by atoms with Crippen LogP contribution in [0.25, 0.3) is 0 Å². The lowest BCUT2D eigenvalue weighted by atomic mass is 10.1. The molecule has 0 saturated carbocycles. The molecule has 0 saturated heterocycles. The molecule has 0 unspecified atom stereocenters. The van der Waals surface area contributed by atoms with E-state index >= 15 is 0 Å². The lowest BCUT2D eigenvalue weighted by Crippen LogP contribution is -2.41. The second-order valence-electron chi connectivity index (χ2n) is 5.58. The van der Waals surface area contributed by atoms with Crippen LogP contribution in [0.5, 0.6) is 0 Å². The molecule has 1 atom stereocenters. The van der Waals surface area contributed by atoms with Gasteiger partial charge in [0.05, 0.1) is 16.6 Å². The van der Waals surface area contributed by atoms with E-state index in [9.17, 15) is 9.59 Å². The number of carbonyl (C=O) groups excluding carboxylic acids is 2. The molecule has 6 heteroatoms. The molecule has 0 fully saturated rings. The van der Waals surface area contributed by atoms with Crippen molar-refractivity contribution in [2.24, 2.45) is 0 Å². The fraction of sp³-hybridized carbons (Fsp3) is 0.615. The molecule has 2 rings (SSSR count). The minimum Gasteiger partial charge on any atom is -0.444 e. The van der Waals surface area contributed by atoms with Crippen LogP contribution >= 0.6 is 11.3 Å². The van der Waals surface area contributed by atoms with Crippen molar-refractivity contribution in [3.05, 3.63) is 15.6 Å². The van der Waals surface area contributed by atoms with E-state index in [1.165, 1.54) is 11.3 Å². The van der Waals surface area contributed by atoms with E-state index < -0.39 is 5.60 Å². The van der Waals surface area contributed by atoms with Crippen molar-refractivity contribution >= 4 is 23.7 Å². The van der Waals surface area contributed by atoms with Crippen LogP contribution in [0.4, 0.5) is 4.79 Å². The molecule has 19 heavy (non-hydrogen) atoms. The van der Waals surface area contributed by atoms with Gasteiger partial charge in [-0.1, -0.05) is 0 Å². The predicted molar refractivity (Wildman–Crippen MR) is 72.6 cm³/mol. The molecule has 0 aromatic carbocycles. The van der Waals surface area contributed by atoms with Gasteiger partial charge < -0.3 is 9.64 Å². The van der Waals surface area contributed by atoms with Crippen molar-refractivity contribution in [1.29, 1.82) is 0 Å². The second kappa shape index (κ2) is 4.92. The second-order valence-corrected chi connectivity index (χ2v) is 6.64. The van der Waals surface area contributed by atoms with Crippen molar-refractivity contribution in [2.75, 3.05) is 6.54 Å². The molecule has 1 aliphatic heterocycles. The molecule has 1 aromatic heterocycles.